The van der Waals surface area contributed by atoms with Gasteiger partial charge in [-0.3, -0.25) is 24.0 Å². The van der Waals surface area contributed by atoms with Gasteiger partial charge in [0.15, 0.2) is 29.5 Å². The smallest absolute Gasteiger partial charge is 0.303 e. The van der Waals surface area contributed by atoms with Crippen molar-refractivity contribution < 1.29 is 52.8 Å². The van der Waals surface area contributed by atoms with Crippen LogP contribution >= 0.6 is 21.6 Å². The molecular formula is C19H26O11S2. The average Bonchev–Trinajstić information content (AvgIpc) is 2.63. The van der Waals surface area contributed by atoms with Gasteiger partial charge in [0.05, 0.1) is 4.91 Å². The third kappa shape index (κ3) is 8.71. The van der Waals surface area contributed by atoms with Crippen LogP contribution in [0.4, 0.5) is 0 Å². The molecular weight excluding hydrogens is 468 g/mol. The summed E-state index contributed by atoms with van der Waals surface area (Å²) in [6.45, 7) is 6.78. The second kappa shape index (κ2) is 12.7. The normalized spacial score (nSPS) is 25.8. The van der Waals surface area contributed by atoms with Crippen molar-refractivity contribution in [2.75, 3.05) is 6.61 Å². The second-order valence-electron chi connectivity index (χ2n) is 6.72. The predicted molar refractivity (Wildman–Crippen MR) is 113 cm³/mol. The molecule has 32 heavy (non-hydrogen) atoms. The highest BCUT2D eigenvalue weighted by Gasteiger charge is 2.52. The van der Waals surface area contributed by atoms with Gasteiger partial charge in [-0.1, -0.05) is 10.8 Å². The Balaban J connectivity index is 3.36. The first-order valence-corrected chi connectivity index (χ1v) is 11.6. The first kappa shape index (κ1) is 27.8. The molecule has 1 N–H and O–H groups in total. The van der Waals surface area contributed by atoms with E-state index in [1.165, 1.54) is 20.8 Å². The molecule has 0 aromatic carbocycles. The van der Waals surface area contributed by atoms with E-state index >= 15 is 0 Å². The Kier molecular flexibility index (Phi) is 11.0. The zero-order valence-electron chi connectivity index (χ0n) is 18.4. The van der Waals surface area contributed by atoms with E-state index in [9.17, 15) is 29.1 Å². The molecule has 0 aliphatic carbocycles. The second-order valence-corrected chi connectivity index (χ2v) is 9.03. The molecule has 0 bridgehead atoms. The van der Waals surface area contributed by atoms with Gasteiger partial charge in [0.25, 0.3) is 0 Å². The molecule has 0 radical (unpaired) electrons. The number of ether oxygens (including phenoxy) is 5. The van der Waals surface area contributed by atoms with Crippen molar-refractivity contribution in [3.8, 4) is 0 Å². The van der Waals surface area contributed by atoms with E-state index in [1.807, 2.05) is 0 Å². The molecule has 1 aliphatic heterocycles. The summed E-state index contributed by atoms with van der Waals surface area (Å²) >= 11 is 0. The van der Waals surface area contributed by atoms with Crippen molar-refractivity contribution in [1.29, 1.82) is 0 Å². The number of esters is 4. The molecule has 1 aliphatic rings. The number of carbonyl (C=O) groups excluding carboxylic acids is 5. The lowest BCUT2D eigenvalue weighted by Crippen LogP contribution is -2.61. The first-order chi connectivity index (χ1) is 14.8. The largest absolute Gasteiger partial charge is 0.511 e. The summed E-state index contributed by atoms with van der Waals surface area (Å²) in [6, 6.07) is 0. The van der Waals surface area contributed by atoms with E-state index in [1.54, 1.807) is 0 Å². The quantitative estimate of drug-likeness (QED) is 0.163. The van der Waals surface area contributed by atoms with Crippen LogP contribution in [0.3, 0.4) is 0 Å². The van der Waals surface area contributed by atoms with Crippen molar-refractivity contribution in [3.63, 3.8) is 0 Å². The fourth-order valence-corrected chi connectivity index (χ4v) is 5.42. The van der Waals surface area contributed by atoms with Gasteiger partial charge in [-0.2, -0.15) is 0 Å². The number of hydrogen-bond donors (Lipinski definition) is 1. The van der Waals surface area contributed by atoms with Crippen LogP contribution in [0.2, 0.25) is 0 Å². The van der Waals surface area contributed by atoms with Gasteiger partial charge >= 0.3 is 23.9 Å². The topological polar surface area (TPSA) is 152 Å². The number of aliphatic hydroxyl groups excluding tert-OH is 1. The Hall–Kier alpha value is -2.25. The van der Waals surface area contributed by atoms with Gasteiger partial charge < -0.3 is 28.8 Å². The van der Waals surface area contributed by atoms with Crippen LogP contribution in [0.1, 0.15) is 41.5 Å². The summed E-state index contributed by atoms with van der Waals surface area (Å²) in [5.74, 6) is -3.47. The molecule has 1 saturated heterocycles. The van der Waals surface area contributed by atoms with Gasteiger partial charge in [-0.05, 0) is 24.6 Å². The maximum absolute atomic E-state index is 11.8. The standard InChI is InChI=1S/C19H26O11S2/c1-8(20)18(9(2)21)31-32-19-17(29-13(6)25)16(28-12(5)24)15(27-11(4)23)14(30-19)7-26-10(3)22/h14-17,19-20H,7H2,1-6H3/b18-8+/t14-,15-,16+,17-,19+/m1/s1. The molecule has 0 spiro atoms. The van der Waals surface area contributed by atoms with Crippen LogP contribution in [-0.2, 0) is 47.7 Å². The number of Topliss-reactive ketones (excluding diaryl/α,β-unsaturated/α-hetero) is 1. The molecule has 1 fully saturated rings. The van der Waals surface area contributed by atoms with Crippen LogP contribution in [-0.4, -0.2) is 71.2 Å². The third-order valence-corrected chi connectivity index (χ3v) is 6.60. The molecule has 13 heteroatoms. The van der Waals surface area contributed by atoms with Gasteiger partial charge in [0, 0.05) is 27.7 Å². The number of hydrogen-bond acceptors (Lipinski definition) is 13. The Morgan fingerprint density at radius 3 is 1.72 bits per heavy atom. The zero-order chi connectivity index (χ0) is 24.6. The molecule has 0 aromatic heterocycles. The van der Waals surface area contributed by atoms with Gasteiger partial charge in [0.2, 0.25) is 0 Å². The minimum absolute atomic E-state index is 0.0304. The molecule has 1 heterocycles. The van der Waals surface area contributed by atoms with Crippen LogP contribution in [0.25, 0.3) is 0 Å². The average molecular weight is 495 g/mol. The lowest BCUT2D eigenvalue weighted by Gasteiger charge is -2.43. The van der Waals surface area contributed by atoms with Crippen molar-refractivity contribution in [2.24, 2.45) is 0 Å². The first-order valence-electron chi connectivity index (χ1n) is 9.38. The molecule has 11 nitrogen and oxygen atoms in total. The number of carbonyl (C=O) groups is 5. The zero-order valence-corrected chi connectivity index (χ0v) is 20.1. The van der Waals surface area contributed by atoms with Crippen molar-refractivity contribution in [3.05, 3.63) is 10.7 Å². The molecule has 180 valence electrons. The molecule has 5 atom stereocenters. The highest BCUT2D eigenvalue weighted by molar-refractivity contribution is 8.78. The summed E-state index contributed by atoms with van der Waals surface area (Å²) < 4.78 is 26.8. The molecule has 0 amide bonds. The fourth-order valence-electron chi connectivity index (χ4n) is 2.74. The molecule has 1 rings (SSSR count). The SMILES string of the molecule is CC(=O)OC[C@H]1O[C@@H](SS/C(C(C)=O)=C(\C)O)[C@H](OC(C)=O)[C@@H](OC(C)=O)[C@@H]1OC(C)=O. The number of ketones is 1. The maximum Gasteiger partial charge on any atom is 0.303 e. The predicted octanol–water partition coefficient (Wildman–Crippen LogP) is 1.83. The van der Waals surface area contributed by atoms with E-state index in [2.05, 4.69) is 0 Å². The summed E-state index contributed by atoms with van der Waals surface area (Å²) in [5, 5.41) is 9.75. The third-order valence-electron chi connectivity index (χ3n) is 3.82. The van der Waals surface area contributed by atoms with E-state index in [-0.39, 0.29) is 17.3 Å². The van der Waals surface area contributed by atoms with Crippen molar-refractivity contribution in [2.45, 2.75) is 71.4 Å². The highest BCUT2D eigenvalue weighted by Crippen LogP contribution is 2.42. The van der Waals surface area contributed by atoms with Crippen LogP contribution in [0.5, 0.6) is 0 Å². The summed E-state index contributed by atoms with van der Waals surface area (Å²) in [4.78, 5) is 58.3. The Morgan fingerprint density at radius 1 is 0.781 bits per heavy atom. The van der Waals surface area contributed by atoms with Crippen molar-refractivity contribution in [1.82, 2.24) is 0 Å². The summed E-state index contributed by atoms with van der Waals surface area (Å²) in [7, 11) is 1.77. The monoisotopic (exact) mass is 494 g/mol. The van der Waals surface area contributed by atoms with Crippen molar-refractivity contribution >= 4 is 51.2 Å². The van der Waals surface area contributed by atoms with Gasteiger partial charge in [-0.15, -0.1) is 0 Å². The highest BCUT2D eigenvalue weighted by atomic mass is 33.1. The number of rotatable bonds is 9. The van der Waals surface area contributed by atoms with E-state index in [0.29, 0.717) is 0 Å². The van der Waals surface area contributed by atoms with Gasteiger partial charge in [-0.25, -0.2) is 0 Å². The van der Waals surface area contributed by atoms with E-state index in [4.69, 9.17) is 23.7 Å². The minimum atomic E-state index is -1.30. The van der Waals surface area contributed by atoms with Crippen LogP contribution in [0, 0.1) is 0 Å². The van der Waals surface area contributed by atoms with Gasteiger partial charge in [0.1, 0.15) is 18.5 Å². The van der Waals surface area contributed by atoms with Crippen LogP contribution < -0.4 is 0 Å². The Labute approximate surface area is 192 Å². The molecule has 0 aromatic rings. The number of allylic oxidation sites excluding steroid dienone is 2. The van der Waals surface area contributed by atoms with E-state index in [0.717, 1.165) is 42.4 Å². The summed E-state index contributed by atoms with van der Waals surface area (Å²) in [6.07, 6.45) is -4.90. The Bertz CT molecular complexity index is 775. The lowest BCUT2D eigenvalue weighted by atomic mass is 9.99. The minimum Gasteiger partial charge on any atom is -0.511 e. The fraction of sp³-hybridized carbons (Fsp3) is 0.632. The number of aliphatic hydroxyl groups is 1. The lowest BCUT2D eigenvalue weighted by molar-refractivity contribution is -0.237. The Morgan fingerprint density at radius 2 is 1.28 bits per heavy atom. The van der Waals surface area contributed by atoms with E-state index < -0.39 is 59.5 Å². The van der Waals surface area contributed by atoms with Crippen LogP contribution in [0.15, 0.2) is 10.7 Å². The molecule has 0 saturated carbocycles. The molecule has 0 unspecified atom stereocenters. The maximum atomic E-state index is 11.8. The summed E-state index contributed by atoms with van der Waals surface area (Å²) in [5.41, 5.74) is -1.06.